The summed E-state index contributed by atoms with van der Waals surface area (Å²) >= 11 is 0. The summed E-state index contributed by atoms with van der Waals surface area (Å²) in [6.45, 7) is -0.00136. The van der Waals surface area contributed by atoms with Crippen molar-refractivity contribution in [1.29, 1.82) is 0 Å². The van der Waals surface area contributed by atoms with Crippen molar-refractivity contribution < 1.29 is 14.6 Å². The molecule has 0 aliphatic rings. The predicted molar refractivity (Wildman–Crippen MR) is 88.3 cm³/mol. The number of aromatic nitrogens is 4. The molecule has 8 nitrogen and oxygen atoms in total. The highest BCUT2D eigenvalue weighted by Gasteiger charge is 2.12. The summed E-state index contributed by atoms with van der Waals surface area (Å²) in [5, 5.41) is 16.3. The number of nitrogens with zero attached hydrogens (tertiary/aromatic N) is 4. The van der Waals surface area contributed by atoms with E-state index < -0.39 is 11.7 Å². The largest absolute Gasteiger partial charge is 0.457 e. The highest BCUT2D eigenvalue weighted by molar-refractivity contribution is 5.90. The smallest absolute Gasteiger partial charge is 0.368 e. The number of benzene rings is 2. The first-order valence-electron chi connectivity index (χ1n) is 7.64. The van der Waals surface area contributed by atoms with Crippen LogP contribution < -0.4 is 5.69 Å². The molecule has 3 aromatic rings. The Balaban J connectivity index is 1.77. The number of ether oxygens (including phenoxy) is 1. The molecule has 2 aromatic carbocycles. The molecule has 0 bridgehead atoms. The maximum atomic E-state index is 12.2. The lowest BCUT2D eigenvalue weighted by Gasteiger charge is -2.06. The minimum atomic E-state index is -0.499. The van der Waals surface area contributed by atoms with E-state index in [0.29, 0.717) is 11.3 Å². The van der Waals surface area contributed by atoms with Gasteiger partial charge < -0.3 is 9.84 Å². The van der Waals surface area contributed by atoms with Crippen molar-refractivity contribution >= 4 is 5.97 Å². The number of hydrogen-bond acceptors (Lipinski definition) is 6. The molecule has 0 saturated heterocycles. The molecule has 0 fully saturated rings. The molecule has 0 spiro atoms. The van der Waals surface area contributed by atoms with Crippen LogP contribution in [-0.2, 0) is 17.9 Å². The molecular formula is C17H16N4O4. The quantitative estimate of drug-likeness (QED) is 0.666. The molecule has 0 radical (unpaired) electrons. The molecule has 1 N–H and O–H groups in total. The van der Waals surface area contributed by atoms with Gasteiger partial charge in [-0.15, -0.1) is 0 Å². The number of hydrogen-bond donors (Lipinski definition) is 1. The van der Waals surface area contributed by atoms with Crippen LogP contribution in [-0.4, -0.2) is 37.5 Å². The Hall–Kier alpha value is -3.26. The van der Waals surface area contributed by atoms with E-state index in [4.69, 9.17) is 9.84 Å². The Morgan fingerprint density at radius 3 is 2.64 bits per heavy atom. The maximum Gasteiger partial charge on any atom is 0.368 e. The van der Waals surface area contributed by atoms with Crippen LogP contribution in [0.3, 0.4) is 0 Å². The van der Waals surface area contributed by atoms with Crippen molar-refractivity contribution in [2.45, 2.75) is 13.2 Å². The van der Waals surface area contributed by atoms with Gasteiger partial charge in [-0.25, -0.2) is 9.59 Å². The third kappa shape index (κ3) is 3.81. The number of aliphatic hydroxyl groups excluding tert-OH is 1. The summed E-state index contributed by atoms with van der Waals surface area (Å²) in [7, 11) is 0. The summed E-state index contributed by atoms with van der Waals surface area (Å²) < 4.78 is 7.38. The predicted octanol–water partition coefficient (Wildman–Crippen LogP) is 0.778. The van der Waals surface area contributed by atoms with Gasteiger partial charge in [0.15, 0.2) is 0 Å². The summed E-state index contributed by atoms with van der Waals surface area (Å²) in [5.74, 6) is -0.499. The van der Waals surface area contributed by atoms with E-state index in [2.05, 4.69) is 10.4 Å². The van der Waals surface area contributed by atoms with Gasteiger partial charge in [0.05, 0.1) is 24.4 Å². The standard InChI is InChI=1S/C17H16N4O4/c22-10-9-20-17(24)21(19-18-20)15-8-4-7-14(11-15)16(23)25-12-13-5-2-1-3-6-13/h1-8,11,22H,9-10,12H2. The third-order valence-electron chi connectivity index (χ3n) is 3.49. The number of esters is 1. The minimum Gasteiger partial charge on any atom is -0.457 e. The molecule has 0 amide bonds. The van der Waals surface area contributed by atoms with Crippen molar-refractivity contribution in [2.24, 2.45) is 0 Å². The highest BCUT2D eigenvalue weighted by atomic mass is 16.5. The van der Waals surface area contributed by atoms with Crippen LogP contribution in [0.1, 0.15) is 15.9 Å². The lowest BCUT2D eigenvalue weighted by atomic mass is 10.2. The van der Waals surface area contributed by atoms with E-state index in [1.54, 1.807) is 18.2 Å². The lowest BCUT2D eigenvalue weighted by molar-refractivity contribution is 0.0472. The fourth-order valence-electron chi connectivity index (χ4n) is 2.24. The summed E-state index contributed by atoms with van der Waals surface area (Å²) in [6, 6.07) is 15.7. The maximum absolute atomic E-state index is 12.2. The third-order valence-corrected chi connectivity index (χ3v) is 3.49. The van der Waals surface area contributed by atoms with Gasteiger partial charge in [-0.3, -0.25) is 0 Å². The minimum absolute atomic E-state index is 0.0532. The van der Waals surface area contributed by atoms with Crippen LogP contribution in [0.25, 0.3) is 5.69 Å². The topological polar surface area (TPSA) is 99.2 Å². The highest BCUT2D eigenvalue weighted by Crippen LogP contribution is 2.10. The number of carbonyl (C=O) groups is 1. The van der Waals surface area contributed by atoms with Gasteiger partial charge in [0.25, 0.3) is 0 Å². The first kappa shape index (κ1) is 16.6. The molecule has 3 rings (SSSR count). The molecule has 0 unspecified atom stereocenters. The molecule has 0 saturated carbocycles. The second-order valence-corrected chi connectivity index (χ2v) is 5.23. The van der Waals surface area contributed by atoms with E-state index in [1.807, 2.05) is 30.3 Å². The molecular weight excluding hydrogens is 324 g/mol. The van der Waals surface area contributed by atoms with Gasteiger partial charge >= 0.3 is 11.7 Å². The van der Waals surface area contributed by atoms with E-state index in [9.17, 15) is 9.59 Å². The molecule has 1 aromatic heterocycles. The first-order valence-corrected chi connectivity index (χ1v) is 7.64. The summed E-state index contributed by atoms with van der Waals surface area (Å²) in [4.78, 5) is 24.3. The second-order valence-electron chi connectivity index (χ2n) is 5.23. The fraction of sp³-hybridized carbons (Fsp3) is 0.176. The van der Waals surface area contributed by atoms with Crippen molar-refractivity contribution in [2.75, 3.05) is 6.61 Å². The van der Waals surface area contributed by atoms with Crippen LogP contribution in [0.5, 0.6) is 0 Å². The molecule has 0 aliphatic heterocycles. The Morgan fingerprint density at radius 1 is 1.08 bits per heavy atom. The monoisotopic (exact) mass is 340 g/mol. The Kier molecular flexibility index (Phi) is 5.00. The van der Waals surface area contributed by atoms with Crippen LogP contribution in [0, 0.1) is 0 Å². The molecule has 1 heterocycles. The van der Waals surface area contributed by atoms with Gasteiger partial charge in [0.2, 0.25) is 0 Å². The van der Waals surface area contributed by atoms with E-state index >= 15 is 0 Å². The zero-order chi connectivity index (χ0) is 17.6. The van der Waals surface area contributed by atoms with Crippen LogP contribution in [0.2, 0.25) is 0 Å². The number of tetrazole rings is 1. The first-order chi connectivity index (χ1) is 12.2. The van der Waals surface area contributed by atoms with Crippen molar-refractivity contribution in [1.82, 2.24) is 19.8 Å². The zero-order valence-electron chi connectivity index (χ0n) is 13.3. The van der Waals surface area contributed by atoms with Crippen molar-refractivity contribution in [3.05, 3.63) is 76.2 Å². The van der Waals surface area contributed by atoms with Gasteiger partial charge in [0.1, 0.15) is 6.61 Å². The molecule has 0 atom stereocenters. The Labute approximate surface area is 142 Å². The van der Waals surface area contributed by atoms with Gasteiger partial charge in [-0.2, -0.15) is 9.36 Å². The summed E-state index contributed by atoms with van der Waals surface area (Å²) in [5.41, 5.74) is 1.08. The Morgan fingerprint density at radius 2 is 1.88 bits per heavy atom. The SMILES string of the molecule is O=C(OCc1ccccc1)c1cccc(-n2nnn(CCO)c2=O)c1. The van der Waals surface area contributed by atoms with E-state index in [1.165, 1.54) is 6.07 Å². The fourth-order valence-corrected chi connectivity index (χ4v) is 2.24. The lowest BCUT2D eigenvalue weighted by Crippen LogP contribution is -2.25. The normalized spacial score (nSPS) is 10.6. The zero-order valence-corrected chi connectivity index (χ0v) is 13.3. The second kappa shape index (κ2) is 7.54. The molecule has 25 heavy (non-hydrogen) atoms. The molecule has 8 heteroatoms. The van der Waals surface area contributed by atoms with Gasteiger partial charge in [-0.05, 0) is 34.2 Å². The number of carbonyl (C=O) groups excluding carboxylic acids is 1. The Bertz CT molecular complexity index is 918. The average molecular weight is 340 g/mol. The summed E-state index contributed by atoms with van der Waals surface area (Å²) in [6.07, 6.45) is 0. The van der Waals surface area contributed by atoms with Crippen LogP contribution in [0.4, 0.5) is 0 Å². The molecule has 0 aliphatic carbocycles. The van der Waals surface area contributed by atoms with Crippen LogP contribution in [0.15, 0.2) is 59.4 Å². The van der Waals surface area contributed by atoms with Crippen LogP contribution >= 0.6 is 0 Å². The number of aliphatic hydroxyl groups is 1. The van der Waals surface area contributed by atoms with Crippen molar-refractivity contribution in [3.8, 4) is 5.69 Å². The average Bonchev–Trinajstić information content (AvgIpc) is 3.02. The number of rotatable bonds is 6. The van der Waals surface area contributed by atoms with E-state index in [-0.39, 0.29) is 19.8 Å². The van der Waals surface area contributed by atoms with E-state index in [0.717, 1.165) is 14.9 Å². The van der Waals surface area contributed by atoms with Gasteiger partial charge in [-0.1, -0.05) is 36.4 Å². The van der Waals surface area contributed by atoms with Crippen molar-refractivity contribution in [3.63, 3.8) is 0 Å². The molecule has 128 valence electrons. The van der Waals surface area contributed by atoms with Gasteiger partial charge in [0, 0.05) is 0 Å².